The van der Waals surface area contributed by atoms with Gasteiger partial charge in [0.1, 0.15) is 6.08 Å². The van der Waals surface area contributed by atoms with Crippen LogP contribution in [0.1, 0.15) is 22.6 Å². The number of nitro groups is 1. The molecule has 0 spiro atoms. The number of nitrogens with zero attached hydrogens (tertiary/aromatic N) is 2. The highest BCUT2D eigenvalue weighted by molar-refractivity contribution is 7.99. The Morgan fingerprint density at radius 1 is 0.952 bits per heavy atom. The largest absolute Gasteiger partial charge is 0.599 e. The summed E-state index contributed by atoms with van der Waals surface area (Å²) in [6.45, 7) is 0.0224. The molecule has 1 aliphatic carbocycles. The van der Waals surface area contributed by atoms with Gasteiger partial charge in [-0.05, 0) is 39.9 Å². The zero-order valence-electron chi connectivity index (χ0n) is 22.1. The molecular formula is C32H24N3O6S-. The minimum atomic E-state index is -1.43. The highest BCUT2D eigenvalue weighted by atomic mass is 32.2. The Hall–Kier alpha value is -5.09. The molecular weight excluding hydrogens is 554 g/mol. The predicted molar refractivity (Wildman–Crippen MR) is 158 cm³/mol. The lowest BCUT2D eigenvalue weighted by molar-refractivity contribution is -0.387. The number of aliphatic imine (C=N–C) groups is 1. The smallest absolute Gasteiger partial charge is 0.328 e. The number of aromatic amines is 1. The van der Waals surface area contributed by atoms with Crippen molar-refractivity contribution < 1.29 is 24.7 Å². The molecule has 1 heterocycles. The Labute approximate surface area is 244 Å². The van der Waals surface area contributed by atoms with Crippen molar-refractivity contribution in [3.63, 3.8) is 0 Å². The summed E-state index contributed by atoms with van der Waals surface area (Å²) in [4.78, 5) is 31.0. The second-order valence-electron chi connectivity index (χ2n) is 9.80. The SMILES string of the molecule is O=C(O)C(Cc1c(Sc2ccccc2[N+](=O)[O-])[nH]c2ccccc12)N=C([O-])OCC1c2ccccc2-c2ccccc21. The van der Waals surface area contributed by atoms with E-state index in [1.807, 2.05) is 72.8 Å². The van der Waals surface area contributed by atoms with Crippen molar-refractivity contribution in [2.24, 2.45) is 4.99 Å². The Balaban J connectivity index is 1.26. The highest BCUT2D eigenvalue weighted by Gasteiger charge is 2.28. The van der Waals surface area contributed by atoms with Gasteiger partial charge in [-0.3, -0.25) is 15.1 Å². The molecule has 42 heavy (non-hydrogen) atoms. The van der Waals surface area contributed by atoms with Crippen LogP contribution in [0.15, 0.2) is 112 Å². The maximum atomic E-state index is 12.9. The van der Waals surface area contributed by atoms with Gasteiger partial charge in [0.2, 0.25) is 0 Å². The Morgan fingerprint density at radius 2 is 1.57 bits per heavy atom. The molecule has 0 saturated carbocycles. The minimum absolute atomic E-state index is 0.0224. The number of para-hydroxylation sites is 2. The van der Waals surface area contributed by atoms with Gasteiger partial charge in [-0.1, -0.05) is 90.6 Å². The minimum Gasteiger partial charge on any atom is -0.599 e. The normalized spacial score (nSPS) is 13.5. The molecule has 0 saturated heterocycles. The van der Waals surface area contributed by atoms with Crippen LogP contribution in [0.25, 0.3) is 22.0 Å². The van der Waals surface area contributed by atoms with Crippen molar-refractivity contribution in [3.8, 4) is 11.1 Å². The first-order valence-corrected chi connectivity index (χ1v) is 14.0. The summed E-state index contributed by atoms with van der Waals surface area (Å²) >= 11 is 1.13. The second-order valence-corrected chi connectivity index (χ2v) is 10.8. The molecule has 0 aliphatic heterocycles. The maximum absolute atomic E-state index is 12.9. The van der Waals surface area contributed by atoms with Gasteiger partial charge in [-0.15, -0.1) is 0 Å². The fourth-order valence-corrected chi connectivity index (χ4v) is 6.50. The molecule has 6 rings (SSSR count). The zero-order chi connectivity index (χ0) is 29.2. The van der Waals surface area contributed by atoms with Crippen LogP contribution in [0.3, 0.4) is 0 Å². The van der Waals surface area contributed by atoms with Crippen molar-refractivity contribution in [1.82, 2.24) is 4.98 Å². The number of hydrogen-bond acceptors (Lipinski definition) is 7. The zero-order valence-corrected chi connectivity index (χ0v) is 22.9. The third-order valence-electron chi connectivity index (χ3n) is 7.33. The van der Waals surface area contributed by atoms with Gasteiger partial charge < -0.3 is 19.9 Å². The van der Waals surface area contributed by atoms with Crippen LogP contribution in [0.2, 0.25) is 0 Å². The van der Waals surface area contributed by atoms with E-state index in [1.165, 1.54) is 6.07 Å². The van der Waals surface area contributed by atoms with Gasteiger partial charge >= 0.3 is 5.97 Å². The van der Waals surface area contributed by atoms with Gasteiger partial charge in [-0.2, -0.15) is 0 Å². The van der Waals surface area contributed by atoms with Crippen LogP contribution in [-0.4, -0.2) is 39.7 Å². The number of aliphatic carboxylic acids is 1. The third kappa shape index (κ3) is 5.19. The summed E-state index contributed by atoms with van der Waals surface area (Å²) in [6, 6.07) is 28.1. The number of carboxylic acids is 1. The average molecular weight is 579 g/mol. The van der Waals surface area contributed by atoms with Crippen LogP contribution >= 0.6 is 11.8 Å². The van der Waals surface area contributed by atoms with Crippen molar-refractivity contribution in [2.75, 3.05) is 6.61 Å². The molecule has 1 aliphatic rings. The average Bonchev–Trinajstić information content (AvgIpc) is 3.50. The van der Waals surface area contributed by atoms with E-state index in [1.54, 1.807) is 18.2 Å². The van der Waals surface area contributed by atoms with Gasteiger partial charge in [0.05, 0.1) is 14.8 Å². The first-order valence-electron chi connectivity index (χ1n) is 13.2. The number of rotatable bonds is 9. The molecule has 10 heteroatoms. The van der Waals surface area contributed by atoms with E-state index in [0.717, 1.165) is 44.9 Å². The molecule has 1 atom stereocenters. The molecule has 0 bridgehead atoms. The summed E-state index contributed by atoms with van der Waals surface area (Å²) in [5.74, 6) is -1.46. The number of carbonyl (C=O) groups is 1. The second kappa shape index (κ2) is 11.4. The van der Waals surface area contributed by atoms with Crippen molar-refractivity contribution in [2.45, 2.75) is 28.3 Å². The monoisotopic (exact) mass is 578 g/mol. The van der Waals surface area contributed by atoms with E-state index in [-0.39, 0.29) is 24.6 Å². The maximum Gasteiger partial charge on any atom is 0.328 e. The van der Waals surface area contributed by atoms with E-state index >= 15 is 0 Å². The number of hydrogen-bond donors (Lipinski definition) is 2. The van der Waals surface area contributed by atoms with Gasteiger partial charge in [0, 0.05) is 35.9 Å². The molecule has 1 unspecified atom stereocenters. The van der Waals surface area contributed by atoms with Crippen molar-refractivity contribution in [1.29, 1.82) is 0 Å². The molecule has 4 aromatic carbocycles. The van der Waals surface area contributed by atoms with Crippen LogP contribution in [0.4, 0.5) is 5.69 Å². The molecule has 1 aromatic heterocycles. The molecule has 0 fully saturated rings. The van der Waals surface area contributed by atoms with Crippen molar-refractivity contribution >= 4 is 40.4 Å². The number of H-pyrrole nitrogens is 1. The summed E-state index contributed by atoms with van der Waals surface area (Å²) < 4.78 is 5.54. The summed E-state index contributed by atoms with van der Waals surface area (Å²) in [7, 11) is 0. The molecule has 2 N–H and O–H groups in total. The van der Waals surface area contributed by atoms with Crippen LogP contribution in [0.5, 0.6) is 0 Å². The lowest BCUT2D eigenvalue weighted by atomic mass is 9.98. The van der Waals surface area contributed by atoms with Crippen LogP contribution < -0.4 is 5.11 Å². The quantitative estimate of drug-likeness (QED) is 0.0979. The number of ether oxygens (including phenoxy) is 1. The summed E-state index contributed by atoms with van der Waals surface area (Å²) in [6.07, 6.45) is -1.08. The topological polar surface area (TPSA) is 141 Å². The summed E-state index contributed by atoms with van der Waals surface area (Å²) in [5, 5.41) is 35.8. The summed E-state index contributed by atoms with van der Waals surface area (Å²) in [5.41, 5.74) is 5.50. The van der Waals surface area contributed by atoms with E-state index in [2.05, 4.69) is 9.98 Å². The Kier molecular flexibility index (Phi) is 7.37. The number of carboxylic acid groups (broad SMARTS) is 1. The fourth-order valence-electron chi connectivity index (χ4n) is 5.41. The third-order valence-corrected chi connectivity index (χ3v) is 8.45. The fraction of sp³-hybridized carbons (Fsp3) is 0.125. The van der Waals surface area contributed by atoms with Gasteiger partial charge in [-0.25, -0.2) is 4.79 Å². The lowest BCUT2D eigenvalue weighted by Crippen LogP contribution is -2.30. The molecule has 210 valence electrons. The Bertz CT molecular complexity index is 1800. The first kappa shape index (κ1) is 27.1. The lowest BCUT2D eigenvalue weighted by Gasteiger charge is -2.22. The predicted octanol–water partition coefficient (Wildman–Crippen LogP) is 5.77. The number of aromatic nitrogens is 1. The van der Waals surface area contributed by atoms with Gasteiger partial charge in [0.15, 0.2) is 6.04 Å². The molecule has 5 aromatic rings. The number of nitro benzene ring substituents is 1. The van der Waals surface area contributed by atoms with Gasteiger partial charge in [0.25, 0.3) is 5.69 Å². The van der Waals surface area contributed by atoms with E-state index < -0.39 is 23.0 Å². The number of benzene rings is 4. The van der Waals surface area contributed by atoms with Crippen LogP contribution in [-0.2, 0) is 16.0 Å². The van der Waals surface area contributed by atoms with E-state index in [0.29, 0.717) is 15.5 Å². The Morgan fingerprint density at radius 3 is 2.26 bits per heavy atom. The van der Waals surface area contributed by atoms with Crippen molar-refractivity contribution in [3.05, 3.63) is 124 Å². The van der Waals surface area contributed by atoms with E-state index in [9.17, 15) is 25.1 Å². The first-order chi connectivity index (χ1) is 20.4. The standard InChI is InChI=1S/C32H25N3O6S/c36-31(37)27(34-32(38)41-18-25-21-11-3-1-9-19(21)20-10-2-4-12-22(20)25)17-24-23-13-5-6-14-26(23)33-30(24)42-29-16-8-7-15-28(29)35(39)40/h1-16,25,27,33H,17-18H2,(H,34,38)(H,36,37)/p-1. The number of nitrogens with one attached hydrogen (secondary N) is 1. The molecule has 0 amide bonds. The highest BCUT2D eigenvalue weighted by Crippen LogP contribution is 2.44. The number of fused-ring (bicyclic) bond motifs is 4. The molecule has 0 radical (unpaired) electrons. The molecule has 9 nitrogen and oxygen atoms in total. The van der Waals surface area contributed by atoms with E-state index in [4.69, 9.17) is 4.74 Å². The van der Waals surface area contributed by atoms with Crippen LogP contribution in [0, 0.1) is 10.1 Å².